The van der Waals surface area contributed by atoms with Gasteiger partial charge in [0.05, 0.1) is 7.11 Å². The lowest BCUT2D eigenvalue weighted by Gasteiger charge is -2.37. The van der Waals surface area contributed by atoms with E-state index in [1.54, 1.807) is 0 Å². The molecule has 2 aliphatic heterocycles. The Kier molecular flexibility index (Phi) is 3.69. The average Bonchev–Trinajstić information content (AvgIpc) is 2.76. The van der Waals surface area contributed by atoms with Crippen molar-refractivity contribution in [2.45, 2.75) is 57.5 Å². The third-order valence-electron chi connectivity index (χ3n) is 4.06. The second kappa shape index (κ2) is 5.07. The van der Waals surface area contributed by atoms with E-state index in [1.807, 2.05) is 4.90 Å². The maximum absolute atomic E-state index is 12.3. The van der Waals surface area contributed by atoms with E-state index in [0.29, 0.717) is 0 Å². The Balaban J connectivity index is 2.11. The summed E-state index contributed by atoms with van der Waals surface area (Å²) in [5.41, 5.74) is 0. The number of rotatable bonds is 3. The number of piperidine rings is 1. The van der Waals surface area contributed by atoms with Crippen LogP contribution in [0.3, 0.4) is 0 Å². The fourth-order valence-corrected chi connectivity index (χ4v) is 3.21. The zero-order valence-corrected chi connectivity index (χ0v) is 10.6. The van der Waals surface area contributed by atoms with Crippen molar-refractivity contribution in [3.05, 3.63) is 0 Å². The molecule has 17 heavy (non-hydrogen) atoms. The van der Waals surface area contributed by atoms with Crippen LogP contribution in [0, 0.1) is 5.92 Å². The average molecular weight is 239 g/mol. The highest BCUT2D eigenvalue weighted by Gasteiger charge is 2.45. The number of nitrogens with zero attached hydrogens (tertiary/aromatic N) is 1. The molecule has 3 atom stereocenters. The fraction of sp³-hybridized carbons (Fsp3) is 0.846. The van der Waals surface area contributed by atoms with E-state index < -0.39 is 0 Å². The first kappa shape index (κ1) is 12.4. The van der Waals surface area contributed by atoms with Gasteiger partial charge in [0, 0.05) is 12.0 Å². The standard InChI is InChI=1S/C13H21NO3/c1-3-4-9-5-6-10-7-8-11(13(16)17-2)14(10)12(9)15/h9-11H,3-8H2,1-2H3/t9?,10-,11?/m0/s1. The molecule has 0 aromatic rings. The second-order valence-electron chi connectivity index (χ2n) is 5.08. The molecule has 2 rings (SSSR count). The monoisotopic (exact) mass is 239 g/mol. The number of carbonyl (C=O) groups is 2. The third kappa shape index (κ3) is 2.17. The number of amides is 1. The fourth-order valence-electron chi connectivity index (χ4n) is 3.21. The van der Waals surface area contributed by atoms with Crippen LogP contribution in [-0.2, 0) is 14.3 Å². The summed E-state index contributed by atoms with van der Waals surface area (Å²) in [6, 6.07) is -0.0446. The maximum Gasteiger partial charge on any atom is 0.328 e. The van der Waals surface area contributed by atoms with Gasteiger partial charge in [-0.25, -0.2) is 4.79 Å². The quantitative estimate of drug-likeness (QED) is 0.705. The second-order valence-corrected chi connectivity index (χ2v) is 5.08. The van der Waals surface area contributed by atoms with Gasteiger partial charge in [0.25, 0.3) is 0 Å². The van der Waals surface area contributed by atoms with Gasteiger partial charge in [-0.3, -0.25) is 4.79 Å². The van der Waals surface area contributed by atoms with Crippen LogP contribution in [-0.4, -0.2) is 36.0 Å². The van der Waals surface area contributed by atoms with Gasteiger partial charge in [-0.1, -0.05) is 13.3 Å². The summed E-state index contributed by atoms with van der Waals surface area (Å²) < 4.78 is 4.79. The lowest BCUT2D eigenvalue weighted by atomic mass is 9.89. The van der Waals surface area contributed by atoms with Crippen molar-refractivity contribution in [3.63, 3.8) is 0 Å². The van der Waals surface area contributed by atoms with Gasteiger partial charge in [0.2, 0.25) is 5.91 Å². The number of esters is 1. The Bertz CT molecular complexity index is 316. The van der Waals surface area contributed by atoms with Crippen molar-refractivity contribution in [2.75, 3.05) is 7.11 Å². The zero-order valence-electron chi connectivity index (χ0n) is 10.6. The Morgan fingerprint density at radius 1 is 1.35 bits per heavy atom. The number of carbonyl (C=O) groups excluding carboxylic acids is 2. The largest absolute Gasteiger partial charge is 0.467 e. The van der Waals surface area contributed by atoms with E-state index in [4.69, 9.17) is 4.74 Å². The first-order chi connectivity index (χ1) is 8.19. The van der Waals surface area contributed by atoms with Crippen LogP contribution in [0.5, 0.6) is 0 Å². The van der Waals surface area contributed by atoms with Crippen LogP contribution in [0.4, 0.5) is 0 Å². The lowest BCUT2D eigenvalue weighted by Crippen LogP contribution is -2.50. The van der Waals surface area contributed by atoms with Crippen LogP contribution >= 0.6 is 0 Å². The summed E-state index contributed by atoms with van der Waals surface area (Å²) in [6.45, 7) is 2.10. The number of hydrogen-bond donors (Lipinski definition) is 0. The molecule has 4 heteroatoms. The molecule has 0 radical (unpaired) electrons. The van der Waals surface area contributed by atoms with Gasteiger partial charge in [-0.05, 0) is 32.1 Å². The summed E-state index contributed by atoms with van der Waals surface area (Å²) in [5.74, 6) is 0.0514. The SMILES string of the molecule is CCCC1CC[C@H]2CCC(C(=O)OC)N2C1=O. The summed E-state index contributed by atoms with van der Waals surface area (Å²) in [5, 5.41) is 0. The summed E-state index contributed by atoms with van der Waals surface area (Å²) in [7, 11) is 1.40. The Labute approximate surface area is 102 Å². The van der Waals surface area contributed by atoms with Crippen LogP contribution in [0.25, 0.3) is 0 Å². The normalized spacial score (nSPS) is 32.5. The van der Waals surface area contributed by atoms with Crippen molar-refractivity contribution in [1.29, 1.82) is 0 Å². The summed E-state index contributed by atoms with van der Waals surface area (Å²) >= 11 is 0. The van der Waals surface area contributed by atoms with Crippen LogP contribution < -0.4 is 0 Å². The molecular formula is C13H21NO3. The molecule has 0 N–H and O–H groups in total. The van der Waals surface area contributed by atoms with Crippen molar-refractivity contribution < 1.29 is 14.3 Å². The first-order valence-corrected chi connectivity index (χ1v) is 6.59. The molecule has 0 saturated carbocycles. The Hall–Kier alpha value is -1.06. The minimum absolute atomic E-state index is 0.126. The lowest BCUT2D eigenvalue weighted by molar-refractivity contribution is -0.156. The van der Waals surface area contributed by atoms with Gasteiger partial charge in [-0.2, -0.15) is 0 Å². The Morgan fingerprint density at radius 3 is 2.71 bits per heavy atom. The topological polar surface area (TPSA) is 46.6 Å². The minimum atomic E-state index is -0.322. The van der Waals surface area contributed by atoms with E-state index in [-0.39, 0.29) is 29.9 Å². The summed E-state index contributed by atoms with van der Waals surface area (Å²) in [6.07, 6.45) is 5.71. The molecule has 0 aromatic carbocycles. The van der Waals surface area contributed by atoms with Gasteiger partial charge < -0.3 is 9.64 Å². The van der Waals surface area contributed by atoms with E-state index >= 15 is 0 Å². The van der Waals surface area contributed by atoms with E-state index in [1.165, 1.54) is 7.11 Å². The number of fused-ring (bicyclic) bond motifs is 1. The molecule has 0 bridgehead atoms. The molecule has 4 nitrogen and oxygen atoms in total. The van der Waals surface area contributed by atoms with Gasteiger partial charge in [0.1, 0.15) is 6.04 Å². The molecular weight excluding hydrogens is 218 g/mol. The first-order valence-electron chi connectivity index (χ1n) is 6.59. The van der Waals surface area contributed by atoms with Gasteiger partial charge in [-0.15, -0.1) is 0 Å². The van der Waals surface area contributed by atoms with E-state index in [0.717, 1.165) is 38.5 Å². The molecule has 2 aliphatic rings. The van der Waals surface area contributed by atoms with Crippen molar-refractivity contribution >= 4 is 11.9 Å². The molecule has 2 heterocycles. The molecule has 1 amide bonds. The number of methoxy groups -OCH3 is 1. The van der Waals surface area contributed by atoms with Crippen LogP contribution in [0.1, 0.15) is 45.4 Å². The van der Waals surface area contributed by atoms with Crippen molar-refractivity contribution in [3.8, 4) is 0 Å². The number of ether oxygens (including phenoxy) is 1. The predicted molar refractivity (Wildman–Crippen MR) is 63.3 cm³/mol. The smallest absolute Gasteiger partial charge is 0.328 e. The van der Waals surface area contributed by atoms with Crippen molar-refractivity contribution in [2.24, 2.45) is 5.92 Å². The molecule has 2 unspecified atom stereocenters. The molecule has 0 spiro atoms. The zero-order chi connectivity index (χ0) is 12.4. The summed E-state index contributed by atoms with van der Waals surface area (Å²) in [4.78, 5) is 25.8. The molecule has 2 fully saturated rings. The third-order valence-corrected chi connectivity index (χ3v) is 4.06. The minimum Gasteiger partial charge on any atom is -0.467 e. The maximum atomic E-state index is 12.3. The molecule has 0 aliphatic carbocycles. The Morgan fingerprint density at radius 2 is 2.06 bits per heavy atom. The highest BCUT2D eigenvalue weighted by atomic mass is 16.5. The van der Waals surface area contributed by atoms with Gasteiger partial charge >= 0.3 is 5.97 Å². The molecule has 0 aromatic heterocycles. The van der Waals surface area contributed by atoms with Crippen LogP contribution in [0.15, 0.2) is 0 Å². The molecule has 96 valence electrons. The van der Waals surface area contributed by atoms with Gasteiger partial charge in [0.15, 0.2) is 0 Å². The van der Waals surface area contributed by atoms with E-state index in [2.05, 4.69) is 6.92 Å². The highest BCUT2D eigenvalue weighted by molar-refractivity contribution is 5.87. The highest BCUT2D eigenvalue weighted by Crippen LogP contribution is 2.36. The van der Waals surface area contributed by atoms with E-state index in [9.17, 15) is 9.59 Å². The predicted octanol–water partition coefficient (Wildman–Crippen LogP) is 1.73. The number of hydrogen-bond acceptors (Lipinski definition) is 3. The molecule has 2 saturated heterocycles. The van der Waals surface area contributed by atoms with Crippen molar-refractivity contribution in [1.82, 2.24) is 4.90 Å². The van der Waals surface area contributed by atoms with Crippen LogP contribution in [0.2, 0.25) is 0 Å².